The number of carbonyl (C=O) groups excluding carboxylic acids is 1. The number of para-hydroxylation sites is 1. The van der Waals surface area contributed by atoms with E-state index in [0.717, 1.165) is 31.2 Å². The highest BCUT2D eigenvalue weighted by molar-refractivity contribution is 6.09. The molecule has 0 unspecified atom stereocenters. The fourth-order valence-electron chi connectivity index (χ4n) is 4.18. The van der Waals surface area contributed by atoms with Gasteiger partial charge in [-0.1, -0.05) is 24.3 Å². The Labute approximate surface area is 147 Å². The first-order valence-electron chi connectivity index (χ1n) is 8.86. The summed E-state index contributed by atoms with van der Waals surface area (Å²) in [6.45, 7) is 0. The second-order valence-electron chi connectivity index (χ2n) is 6.78. The lowest BCUT2D eigenvalue weighted by atomic mass is 9.92. The number of esters is 1. The van der Waals surface area contributed by atoms with Crippen LogP contribution >= 0.6 is 0 Å². The zero-order chi connectivity index (χ0) is 17.4. The number of hydrogen-bond acceptors (Lipinski definition) is 3. The van der Waals surface area contributed by atoms with E-state index in [2.05, 4.69) is 28.8 Å². The third-order valence-electron chi connectivity index (χ3n) is 5.47. The highest BCUT2D eigenvalue weighted by Crippen LogP contribution is 2.38. The van der Waals surface area contributed by atoms with Gasteiger partial charge in [0.2, 0.25) is 0 Å². The summed E-state index contributed by atoms with van der Waals surface area (Å²) in [6, 6.07) is 14.8. The molecule has 0 aliphatic heterocycles. The third-order valence-corrected chi connectivity index (χ3v) is 5.47. The predicted molar refractivity (Wildman–Crippen MR) is 99.1 cm³/mol. The van der Waals surface area contributed by atoms with E-state index in [-0.39, 0.29) is 5.97 Å². The normalized spacial score (nSPS) is 20.9. The minimum atomic E-state index is -0.290. The molecule has 4 nitrogen and oxygen atoms in total. The maximum atomic E-state index is 12.0. The SMILES string of the molecule is COC(=O)c1ccc2c3ccccc3n(C3CCC(OC)CC3)c2c1. The summed E-state index contributed by atoms with van der Waals surface area (Å²) in [6.07, 6.45) is 4.70. The van der Waals surface area contributed by atoms with Crippen LogP contribution in [0, 0.1) is 0 Å². The van der Waals surface area contributed by atoms with E-state index in [4.69, 9.17) is 9.47 Å². The Morgan fingerprint density at radius 2 is 1.68 bits per heavy atom. The Morgan fingerprint density at radius 3 is 2.40 bits per heavy atom. The van der Waals surface area contributed by atoms with Gasteiger partial charge in [-0.05, 0) is 43.9 Å². The van der Waals surface area contributed by atoms with Crippen LogP contribution in [0.4, 0.5) is 0 Å². The van der Waals surface area contributed by atoms with Crippen LogP contribution in [0.2, 0.25) is 0 Å². The molecule has 0 radical (unpaired) electrons. The van der Waals surface area contributed by atoms with E-state index in [1.807, 2.05) is 18.2 Å². The van der Waals surface area contributed by atoms with Crippen molar-refractivity contribution in [2.24, 2.45) is 0 Å². The number of carbonyl (C=O) groups is 1. The van der Waals surface area contributed by atoms with E-state index in [1.54, 1.807) is 7.11 Å². The maximum absolute atomic E-state index is 12.0. The number of aromatic nitrogens is 1. The summed E-state index contributed by atoms with van der Waals surface area (Å²) < 4.78 is 12.9. The van der Waals surface area contributed by atoms with E-state index >= 15 is 0 Å². The van der Waals surface area contributed by atoms with Crippen LogP contribution in [0.15, 0.2) is 42.5 Å². The van der Waals surface area contributed by atoms with Crippen molar-refractivity contribution in [1.29, 1.82) is 0 Å². The molecule has 4 heteroatoms. The van der Waals surface area contributed by atoms with Gasteiger partial charge in [0.05, 0.1) is 24.3 Å². The van der Waals surface area contributed by atoms with E-state index < -0.39 is 0 Å². The first kappa shape index (κ1) is 16.2. The van der Waals surface area contributed by atoms with Gasteiger partial charge in [0.15, 0.2) is 0 Å². The van der Waals surface area contributed by atoms with Crippen LogP contribution in [-0.4, -0.2) is 30.9 Å². The van der Waals surface area contributed by atoms with Crippen molar-refractivity contribution >= 4 is 27.8 Å². The Bertz CT molecular complexity index is 919. The number of nitrogens with zero attached hydrogens (tertiary/aromatic N) is 1. The molecule has 0 atom stereocenters. The lowest BCUT2D eigenvalue weighted by Gasteiger charge is -2.30. The maximum Gasteiger partial charge on any atom is 0.337 e. The summed E-state index contributed by atoms with van der Waals surface area (Å²) in [5, 5.41) is 2.43. The second kappa shape index (κ2) is 6.52. The number of hydrogen-bond donors (Lipinski definition) is 0. The molecule has 1 aliphatic carbocycles. The summed E-state index contributed by atoms with van der Waals surface area (Å²) in [4.78, 5) is 12.0. The van der Waals surface area contributed by atoms with Crippen molar-refractivity contribution in [3.8, 4) is 0 Å². The molecular formula is C21H23NO3. The Hall–Kier alpha value is -2.33. The number of methoxy groups -OCH3 is 2. The van der Waals surface area contributed by atoms with Crippen LogP contribution < -0.4 is 0 Å². The zero-order valence-electron chi connectivity index (χ0n) is 14.7. The number of rotatable bonds is 3. The van der Waals surface area contributed by atoms with Crippen molar-refractivity contribution in [1.82, 2.24) is 4.57 Å². The van der Waals surface area contributed by atoms with Gasteiger partial charge in [-0.3, -0.25) is 0 Å². The minimum Gasteiger partial charge on any atom is -0.465 e. The smallest absolute Gasteiger partial charge is 0.337 e. The molecule has 1 aliphatic rings. The Kier molecular flexibility index (Phi) is 4.22. The third kappa shape index (κ3) is 2.71. The molecular weight excluding hydrogens is 314 g/mol. The van der Waals surface area contributed by atoms with Gasteiger partial charge in [-0.15, -0.1) is 0 Å². The number of benzene rings is 2. The van der Waals surface area contributed by atoms with Gasteiger partial charge in [-0.2, -0.15) is 0 Å². The summed E-state index contributed by atoms with van der Waals surface area (Å²) in [5.41, 5.74) is 2.95. The largest absolute Gasteiger partial charge is 0.465 e. The molecule has 0 saturated heterocycles. The highest BCUT2D eigenvalue weighted by atomic mass is 16.5. The molecule has 1 aromatic heterocycles. The van der Waals surface area contributed by atoms with Crippen LogP contribution in [0.1, 0.15) is 42.1 Å². The second-order valence-corrected chi connectivity index (χ2v) is 6.78. The summed E-state index contributed by atoms with van der Waals surface area (Å²) in [7, 11) is 3.22. The molecule has 4 rings (SSSR count). The molecule has 3 aromatic rings. The molecule has 1 fully saturated rings. The molecule has 1 saturated carbocycles. The molecule has 0 N–H and O–H groups in total. The van der Waals surface area contributed by atoms with Gasteiger partial charge >= 0.3 is 5.97 Å². The predicted octanol–water partition coefficient (Wildman–Crippen LogP) is 4.71. The van der Waals surface area contributed by atoms with Crippen LogP contribution in [-0.2, 0) is 9.47 Å². The molecule has 130 valence electrons. The molecule has 2 aromatic carbocycles. The lowest BCUT2D eigenvalue weighted by molar-refractivity contribution is 0.0594. The molecule has 0 spiro atoms. The first-order chi connectivity index (χ1) is 12.2. The Morgan fingerprint density at radius 1 is 0.960 bits per heavy atom. The molecule has 25 heavy (non-hydrogen) atoms. The van der Waals surface area contributed by atoms with Crippen LogP contribution in [0.5, 0.6) is 0 Å². The van der Waals surface area contributed by atoms with Gasteiger partial charge < -0.3 is 14.0 Å². The van der Waals surface area contributed by atoms with Gasteiger partial charge in [0.1, 0.15) is 0 Å². The van der Waals surface area contributed by atoms with Gasteiger partial charge in [0.25, 0.3) is 0 Å². The van der Waals surface area contributed by atoms with Crippen molar-refractivity contribution in [2.75, 3.05) is 14.2 Å². The molecule has 0 amide bonds. The van der Waals surface area contributed by atoms with Crippen molar-refractivity contribution < 1.29 is 14.3 Å². The number of fused-ring (bicyclic) bond motifs is 3. The van der Waals surface area contributed by atoms with Crippen LogP contribution in [0.25, 0.3) is 21.8 Å². The first-order valence-corrected chi connectivity index (χ1v) is 8.86. The molecule has 0 bridgehead atoms. The van der Waals surface area contributed by atoms with Gasteiger partial charge in [0, 0.05) is 29.4 Å². The average molecular weight is 337 g/mol. The number of ether oxygens (including phenoxy) is 2. The van der Waals surface area contributed by atoms with Crippen molar-refractivity contribution in [3.63, 3.8) is 0 Å². The zero-order valence-corrected chi connectivity index (χ0v) is 14.7. The van der Waals surface area contributed by atoms with Crippen LogP contribution in [0.3, 0.4) is 0 Å². The van der Waals surface area contributed by atoms with Crippen molar-refractivity contribution in [3.05, 3.63) is 48.0 Å². The average Bonchev–Trinajstić information content (AvgIpc) is 3.01. The summed E-state index contributed by atoms with van der Waals surface area (Å²) >= 11 is 0. The summed E-state index contributed by atoms with van der Waals surface area (Å²) in [5.74, 6) is -0.290. The fraction of sp³-hybridized carbons (Fsp3) is 0.381. The fourth-order valence-corrected chi connectivity index (χ4v) is 4.18. The quantitative estimate of drug-likeness (QED) is 0.650. The topological polar surface area (TPSA) is 40.5 Å². The van der Waals surface area contributed by atoms with E-state index in [1.165, 1.54) is 23.4 Å². The monoisotopic (exact) mass is 337 g/mol. The highest BCUT2D eigenvalue weighted by Gasteiger charge is 2.25. The van der Waals surface area contributed by atoms with E-state index in [0.29, 0.717) is 17.7 Å². The van der Waals surface area contributed by atoms with Gasteiger partial charge in [-0.25, -0.2) is 4.79 Å². The standard InChI is InChI=1S/C21H23NO3/c1-24-16-10-8-15(9-11-16)22-19-6-4-3-5-17(19)18-12-7-14(13-20(18)22)21(23)25-2/h3-7,12-13,15-16H,8-11H2,1-2H3. The van der Waals surface area contributed by atoms with E-state index in [9.17, 15) is 4.79 Å². The Balaban J connectivity index is 1.88. The lowest BCUT2D eigenvalue weighted by Crippen LogP contribution is -2.22. The van der Waals surface area contributed by atoms with Crippen molar-refractivity contribution in [2.45, 2.75) is 37.8 Å². The molecule has 1 heterocycles. The minimum absolute atomic E-state index is 0.290.